The molecule has 100 valence electrons. The summed E-state index contributed by atoms with van der Waals surface area (Å²) < 4.78 is 10.5. The molecule has 2 rings (SSSR count). The largest absolute Gasteiger partial charge is 0.493 e. The first-order valence-electron chi connectivity index (χ1n) is 6.33. The lowest BCUT2D eigenvalue weighted by Gasteiger charge is -2.12. The first kappa shape index (κ1) is 13.6. The highest BCUT2D eigenvalue weighted by atomic mass is 32.2. The highest BCUT2D eigenvalue weighted by molar-refractivity contribution is 7.99. The van der Waals surface area contributed by atoms with Gasteiger partial charge in [0.2, 0.25) is 0 Å². The van der Waals surface area contributed by atoms with Crippen molar-refractivity contribution in [3.05, 3.63) is 23.8 Å². The van der Waals surface area contributed by atoms with Crippen molar-refractivity contribution in [1.29, 1.82) is 0 Å². The molecule has 1 aromatic carbocycles. The van der Waals surface area contributed by atoms with Gasteiger partial charge in [-0.2, -0.15) is 11.8 Å². The van der Waals surface area contributed by atoms with Crippen LogP contribution < -0.4 is 14.8 Å². The van der Waals surface area contributed by atoms with Crippen LogP contribution in [-0.2, 0) is 6.54 Å². The fourth-order valence-electron chi connectivity index (χ4n) is 2.16. The summed E-state index contributed by atoms with van der Waals surface area (Å²) in [6.45, 7) is 2.00. The van der Waals surface area contributed by atoms with E-state index in [1.54, 1.807) is 14.2 Å². The Morgan fingerprint density at radius 2 is 2.11 bits per heavy atom. The maximum Gasteiger partial charge on any atom is 0.161 e. The Kier molecular flexibility index (Phi) is 5.20. The molecule has 1 heterocycles. The van der Waals surface area contributed by atoms with Crippen molar-refractivity contribution >= 4 is 11.8 Å². The van der Waals surface area contributed by atoms with Crippen LogP contribution in [0.2, 0.25) is 0 Å². The molecule has 18 heavy (non-hydrogen) atoms. The highest BCUT2D eigenvalue weighted by Gasteiger charge is 2.14. The Bertz CT molecular complexity index is 378. The summed E-state index contributed by atoms with van der Waals surface area (Å²) >= 11 is 2.06. The van der Waals surface area contributed by atoms with Gasteiger partial charge in [0.05, 0.1) is 14.2 Å². The van der Waals surface area contributed by atoms with Crippen LogP contribution in [0, 0.1) is 5.92 Å². The van der Waals surface area contributed by atoms with Gasteiger partial charge in [0, 0.05) is 6.54 Å². The van der Waals surface area contributed by atoms with Crippen LogP contribution in [0.25, 0.3) is 0 Å². The van der Waals surface area contributed by atoms with Gasteiger partial charge < -0.3 is 14.8 Å². The Morgan fingerprint density at radius 3 is 2.78 bits per heavy atom. The first-order chi connectivity index (χ1) is 8.83. The van der Waals surface area contributed by atoms with Crippen LogP contribution in [-0.4, -0.2) is 32.3 Å². The van der Waals surface area contributed by atoms with E-state index in [1.807, 2.05) is 12.1 Å². The summed E-state index contributed by atoms with van der Waals surface area (Å²) in [7, 11) is 3.33. The molecule has 0 spiro atoms. The average molecular weight is 267 g/mol. The van der Waals surface area contributed by atoms with Gasteiger partial charge in [-0.05, 0) is 48.1 Å². The zero-order valence-corrected chi connectivity index (χ0v) is 11.9. The van der Waals surface area contributed by atoms with Gasteiger partial charge in [-0.15, -0.1) is 0 Å². The topological polar surface area (TPSA) is 30.5 Å². The van der Waals surface area contributed by atoms with E-state index in [1.165, 1.54) is 23.5 Å². The monoisotopic (exact) mass is 267 g/mol. The molecular weight excluding hydrogens is 246 g/mol. The van der Waals surface area contributed by atoms with E-state index in [9.17, 15) is 0 Å². The summed E-state index contributed by atoms with van der Waals surface area (Å²) in [6, 6.07) is 6.08. The van der Waals surface area contributed by atoms with Crippen molar-refractivity contribution in [3.63, 3.8) is 0 Å². The minimum atomic E-state index is 0.786. The minimum Gasteiger partial charge on any atom is -0.493 e. The molecule has 1 N–H and O–H groups in total. The molecule has 0 radical (unpaired) electrons. The Hall–Kier alpha value is -0.870. The summed E-state index contributed by atoms with van der Waals surface area (Å²) in [5, 5.41) is 3.52. The molecule has 0 saturated carbocycles. The van der Waals surface area contributed by atoms with Crippen molar-refractivity contribution in [2.45, 2.75) is 13.0 Å². The maximum atomic E-state index is 5.30. The molecule has 1 fully saturated rings. The van der Waals surface area contributed by atoms with Crippen LogP contribution >= 0.6 is 11.8 Å². The zero-order valence-electron chi connectivity index (χ0n) is 11.1. The standard InChI is InChI=1S/C14H21NO2S/c1-16-13-4-3-11(7-14(13)17-2)8-15-9-12-5-6-18-10-12/h3-4,7,12,15H,5-6,8-10H2,1-2H3. The number of rotatable bonds is 6. The summed E-state index contributed by atoms with van der Waals surface area (Å²) in [6.07, 6.45) is 1.35. The smallest absolute Gasteiger partial charge is 0.161 e. The molecule has 0 amide bonds. The van der Waals surface area contributed by atoms with Crippen molar-refractivity contribution < 1.29 is 9.47 Å². The van der Waals surface area contributed by atoms with Crippen LogP contribution in [0.3, 0.4) is 0 Å². The average Bonchev–Trinajstić information content (AvgIpc) is 2.91. The van der Waals surface area contributed by atoms with Gasteiger partial charge in [0.1, 0.15) is 0 Å². The predicted molar refractivity (Wildman–Crippen MR) is 76.7 cm³/mol. The molecule has 3 nitrogen and oxygen atoms in total. The molecule has 1 saturated heterocycles. The number of hydrogen-bond donors (Lipinski definition) is 1. The Balaban J connectivity index is 1.84. The fraction of sp³-hybridized carbons (Fsp3) is 0.571. The SMILES string of the molecule is COc1ccc(CNCC2CCSC2)cc1OC. The van der Waals surface area contributed by atoms with E-state index in [4.69, 9.17) is 9.47 Å². The Labute approximate surface area is 113 Å². The number of nitrogens with one attached hydrogen (secondary N) is 1. The molecule has 1 aromatic rings. The third-order valence-corrected chi connectivity index (χ3v) is 4.47. The number of ether oxygens (including phenoxy) is 2. The molecule has 1 unspecified atom stereocenters. The van der Waals surface area contributed by atoms with E-state index in [0.29, 0.717) is 0 Å². The van der Waals surface area contributed by atoms with Gasteiger partial charge >= 0.3 is 0 Å². The molecule has 1 aliphatic rings. The lowest BCUT2D eigenvalue weighted by atomic mass is 10.1. The molecule has 1 aliphatic heterocycles. The van der Waals surface area contributed by atoms with Crippen molar-refractivity contribution in [2.24, 2.45) is 5.92 Å². The minimum absolute atomic E-state index is 0.786. The highest BCUT2D eigenvalue weighted by Crippen LogP contribution is 2.27. The molecule has 4 heteroatoms. The second kappa shape index (κ2) is 6.90. The summed E-state index contributed by atoms with van der Waals surface area (Å²) in [4.78, 5) is 0. The van der Waals surface area contributed by atoms with Gasteiger partial charge in [0.15, 0.2) is 11.5 Å². The lowest BCUT2D eigenvalue weighted by molar-refractivity contribution is 0.354. The van der Waals surface area contributed by atoms with E-state index >= 15 is 0 Å². The van der Waals surface area contributed by atoms with Crippen LogP contribution in [0.15, 0.2) is 18.2 Å². The summed E-state index contributed by atoms with van der Waals surface area (Å²) in [5.41, 5.74) is 1.23. The lowest BCUT2D eigenvalue weighted by Crippen LogP contribution is -2.22. The van der Waals surface area contributed by atoms with E-state index in [0.717, 1.165) is 30.5 Å². The van der Waals surface area contributed by atoms with E-state index in [2.05, 4.69) is 23.1 Å². The first-order valence-corrected chi connectivity index (χ1v) is 7.48. The predicted octanol–water partition coefficient (Wildman–Crippen LogP) is 2.55. The van der Waals surface area contributed by atoms with Crippen LogP contribution in [0.5, 0.6) is 11.5 Å². The number of methoxy groups -OCH3 is 2. The third kappa shape index (κ3) is 3.56. The normalized spacial score (nSPS) is 18.9. The van der Waals surface area contributed by atoms with E-state index in [-0.39, 0.29) is 0 Å². The van der Waals surface area contributed by atoms with Gasteiger partial charge in [-0.3, -0.25) is 0 Å². The molecular formula is C14H21NO2S. The zero-order chi connectivity index (χ0) is 12.8. The van der Waals surface area contributed by atoms with E-state index < -0.39 is 0 Å². The van der Waals surface area contributed by atoms with Crippen LogP contribution in [0.1, 0.15) is 12.0 Å². The second-order valence-corrected chi connectivity index (χ2v) is 5.70. The quantitative estimate of drug-likeness (QED) is 0.858. The van der Waals surface area contributed by atoms with Crippen molar-refractivity contribution in [1.82, 2.24) is 5.32 Å². The molecule has 1 atom stereocenters. The Morgan fingerprint density at radius 1 is 1.28 bits per heavy atom. The second-order valence-electron chi connectivity index (χ2n) is 4.55. The number of thioether (sulfide) groups is 1. The van der Waals surface area contributed by atoms with Gasteiger partial charge in [-0.25, -0.2) is 0 Å². The fourth-order valence-corrected chi connectivity index (χ4v) is 3.44. The van der Waals surface area contributed by atoms with Crippen LogP contribution in [0.4, 0.5) is 0 Å². The maximum absolute atomic E-state index is 5.30. The third-order valence-electron chi connectivity index (χ3n) is 3.23. The molecule has 0 bridgehead atoms. The number of benzene rings is 1. The molecule has 0 aliphatic carbocycles. The molecule has 0 aromatic heterocycles. The van der Waals surface area contributed by atoms with Crippen molar-refractivity contribution in [3.8, 4) is 11.5 Å². The van der Waals surface area contributed by atoms with Gasteiger partial charge in [-0.1, -0.05) is 6.07 Å². The van der Waals surface area contributed by atoms with Crippen molar-refractivity contribution in [2.75, 3.05) is 32.3 Å². The number of hydrogen-bond acceptors (Lipinski definition) is 4. The summed E-state index contributed by atoms with van der Waals surface area (Å²) in [5.74, 6) is 5.05. The van der Waals surface area contributed by atoms with Gasteiger partial charge in [0.25, 0.3) is 0 Å².